The Hall–Kier alpha value is -3.36. The van der Waals surface area contributed by atoms with E-state index in [1.807, 2.05) is 68.4 Å². The van der Waals surface area contributed by atoms with E-state index < -0.39 is 28.5 Å². The maximum Gasteiger partial charge on any atom is 0.244 e. The number of rotatable bonds is 11. The molecule has 0 fully saturated rings. The molecule has 0 aliphatic rings. The van der Waals surface area contributed by atoms with Crippen LogP contribution in [-0.4, -0.2) is 50.5 Å². The van der Waals surface area contributed by atoms with E-state index in [1.165, 1.54) is 4.90 Å². The van der Waals surface area contributed by atoms with Crippen molar-refractivity contribution in [2.45, 2.75) is 39.8 Å². The minimum absolute atomic E-state index is 0.145. The molecule has 3 aromatic rings. The average Bonchev–Trinajstić information content (AvgIpc) is 2.87. The fourth-order valence-corrected chi connectivity index (χ4v) is 5.35. The van der Waals surface area contributed by atoms with Crippen LogP contribution >= 0.6 is 11.6 Å². The number of aryl methyl sites for hydroxylation is 1. The summed E-state index contributed by atoms with van der Waals surface area (Å²) in [6.45, 7) is 5.53. The second-order valence-electron chi connectivity index (χ2n) is 9.20. The van der Waals surface area contributed by atoms with Crippen molar-refractivity contribution in [1.82, 2.24) is 10.2 Å². The third-order valence-corrected chi connectivity index (χ3v) is 7.95. The molecule has 0 heterocycles. The molecule has 1 atom stereocenters. The Labute approximate surface area is 230 Å². The third kappa shape index (κ3) is 7.36. The van der Waals surface area contributed by atoms with Gasteiger partial charge in [0.25, 0.3) is 0 Å². The van der Waals surface area contributed by atoms with Gasteiger partial charge in [0, 0.05) is 24.5 Å². The number of benzene rings is 3. The van der Waals surface area contributed by atoms with Crippen molar-refractivity contribution in [3.63, 3.8) is 0 Å². The van der Waals surface area contributed by atoms with Crippen LogP contribution in [0.1, 0.15) is 29.2 Å². The Kier molecular flexibility index (Phi) is 9.94. The zero-order valence-corrected chi connectivity index (χ0v) is 23.7. The molecule has 0 radical (unpaired) electrons. The minimum Gasteiger partial charge on any atom is -0.355 e. The summed E-state index contributed by atoms with van der Waals surface area (Å²) in [6.07, 6.45) is 1.33. The van der Waals surface area contributed by atoms with Gasteiger partial charge in [-0.25, -0.2) is 8.42 Å². The summed E-state index contributed by atoms with van der Waals surface area (Å²) in [5.41, 5.74) is 3.58. The van der Waals surface area contributed by atoms with Gasteiger partial charge in [0.05, 0.1) is 11.9 Å². The van der Waals surface area contributed by atoms with Crippen LogP contribution in [0.2, 0.25) is 5.02 Å². The van der Waals surface area contributed by atoms with Crippen LogP contribution in [0, 0.1) is 13.8 Å². The Morgan fingerprint density at radius 3 is 2.24 bits per heavy atom. The molecule has 0 aromatic heterocycles. The fraction of sp³-hybridized carbons (Fsp3) is 0.310. The first-order valence-electron chi connectivity index (χ1n) is 12.4. The Balaban J connectivity index is 2.08. The van der Waals surface area contributed by atoms with Crippen LogP contribution in [0.5, 0.6) is 0 Å². The second-order valence-corrected chi connectivity index (χ2v) is 11.5. The highest BCUT2D eigenvalue weighted by Gasteiger charge is 2.33. The van der Waals surface area contributed by atoms with Gasteiger partial charge in [-0.1, -0.05) is 72.3 Å². The van der Waals surface area contributed by atoms with Crippen LogP contribution in [-0.2, 0) is 32.6 Å². The first-order chi connectivity index (χ1) is 18.0. The van der Waals surface area contributed by atoms with Gasteiger partial charge in [-0.15, -0.1) is 0 Å². The average molecular weight is 556 g/mol. The Bertz CT molecular complexity index is 1380. The summed E-state index contributed by atoms with van der Waals surface area (Å²) in [5.74, 6) is -0.798. The first kappa shape index (κ1) is 29.2. The Morgan fingerprint density at radius 2 is 1.61 bits per heavy atom. The molecule has 0 aliphatic heterocycles. The summed E-state index contributed by atoms with van der Waals surface area (Å²) in [6, 6.07) is 21.2. The lowest BCUT2D eigenvalue weighted by atomic mass is 10.0. The van der Waals surface area contributed by atoms with Crippen molar-refractivity contribution in [3.05, 3.63) is 100 Å². The molecule has 3 rings (SSSR count). The van der Waals surface area contributed by atoms with Crippen LogP contribution in [0.15, 0.2) is 72.8 Å². The number of carbonyl (C=O) groups excluding carboxylic acids is 2. The van der Waals surface area contributed by atoms with Crippen molar-refractivity contribution in [2.24, 2.45) is 0 Å². The van der Waals surface area contributed by atoms with E-state index >= 15 is 0 Å². The first-order valence-corrected chi connectivity index (χ1v) is 14.6. The summed E-state index contributed by atoms with van der Waals surface area (Å²) < 4.78 is 26.8. The smallest absolute Gasteiger partial charge is 0.244 e. The SMILES string of the molecule is CCNC(=O)C(Cc1ccccc1)N(Cc1ccccc1C)C(=O)CN(c1cccc(Cl)c1C)S(C)(=O)=O. The molecule has 0 aliphatic carbocycles. The summed E-state index contributed by atoms with van der Waals surface area (Å²) >= 11 is 6.28. The van der Waals surface area contributed by atoms with E-state index in [-0.39, 0.29) is 18.9 Å². The highest BCUT2D eigenvalue weighted by Crippen LogP contribution is 2.28. The molecule has 9 heteroatoms. The number of halogens is 1. The molecule has 202 valence electrons. The Morgan fingerprint density at radius 1 is 0.947 bits per heavy atom. The van der Waals surface area contributed by atoms with Gasteiger partial charge in [-0.2, -0.15) is 0 Å². The number of hydrogen-bond donors (Lipinski definition) is 1. The van der Waals surface area contributed by atoms with E-state index in [0.717, 1.165) is 27.3 Å². The lowest BCUT2D eigenvalue weighted by Crippen LogP contribution is -2.53. The number of hydrogen-bond acceptors (Lipinski definition) is 4. The van der Waals surface area contributed by atoms with Crippen molar-refractivity contribution in [2.75, 3.05) is 23.7 Å². The summed E-state index contributed by atoms with van der Waals surface area (Å²) in [7, 11) is -3.86. The van der Waals surface area contributed by atoms with Crippen LogP contribution in [0.3, 0.4) is 0 Å². The van der Waals surface area contributed by atoms with E-state index in [1.54, 1.807) is 25.1 Å². The van der Waals surface area contributed by atoms with Gasteiger partial charge in [-0.05, 0) is 55.2 Å². The van der Waals surface area contributed by atoms with Crippen molar-refractivity contribution < 1.29 is 18.0 Å². The zero-order valence-electron chi connectivity index (χ0n) is 22.1. The molecule has 0 saturated heterocycles. The van der Waals surface area contributed by atoms with Crippen molar-refractivity contribution >= 4 is 39.1 Å². The quantitative estimate of drug-likeness (QED) is 0.377. The monoisotopic (exact) mass is 555 g/mol. The number of anilines is 1. The molecule has 1 unspecified atom stereocenters. The predicted octanol–water partition coefficient (Wildman–Crippen LogP) is 4.50. The largest absolute Gasteiger partial charge is 0.355 e. The van der Waals surface area contributed by atoms with Crippen LogP contribution < -0.4 is 9.62 Å². The third-order valence-electron chi connectivity index (χ3n) is 6.41. The van der Waals surface area contributed by atoms with E-state index in [4.69, 9.17) is 11.6 Å². The molecule has 3 aromatic carbocycles. The molecule has 7 nitrogen and oxygen atoms in total. The molecule has 0 bridgehead atoms. The topological polar surface area (TPSA) is 86.8 Å². The van der Waals surface area contributed by atoms with Crippen LogP contribution in [0.25, 0.3) is 0 Å². The maximum atomic E-state index is 14.0. The minimum atomic E-state index is -3.86. The van der Waals surface area contributed by atoms with Gasteiger partial charge in [0.1, 0.15) is 12.6 Å². The van der Waals surface area contributed by atoms with Gasteiger partial charge in [0.15, 0.2) is 0 Å². The lowest BCUT2D eigenvalue weighted by Gasteiger charge is -2.34. The maximum absolute atomic E-state index is 14.0. The number of amides is 2. The number of nitrogens with one attached hydrogen (secondary N) is 1. The fourth-order valence-electron chi connectivity index (χ4n) is 4.28. The van der Waals surface area contributed by atoms with E-state index in [9.17, 15) is 18.0 Å². The van der Waals surface area contributed by atoms with Gasteiger partial charge >= 0.3 is 0 Å². The molecule has 0 spiro atoms. The molecule has 0 saturated carbocycles. The molecule has 2 amide bonds. The standard InChI is InChI=1S/C29H34ClN3O4S/c1-5-31-29(35)27(18-23-13-7-6-8-14-23)32(19-24-15-10-9-12-21(24)2)28(34)20-33(38(4,36)37)26-17-11-16-25(30)22(26)3/h6-17,27H,5,18-20H2,1-4H3,(H,31,35). The van der Waals surface area contributed by atoms with Gasteiger partial charge < -0.3 is 10.2 Å². The number of carbonyl (C=O) groups is 2. The highest BCUT2D eigenvalue weighted by molar-refractivity contribution is 7.92. The normalized spacial score (nSPS) is 12.0. The van der Waals surface area contributed by atoms with Crippen molar-refractivity contribution in [1.29, 1.82) is 0 Å². The van der Waals surface area contributed by atoms with Crippen LogP contribution in [0.4, 0.5) is 5.69 Å². The lowest BCUT2D eigenvalue weighted by molar-refractivity contribution is -0.140. The number of likely N-dealkylation sites (N-methyl/N-ethyl adjacent to an activating group) is 1. The second kappa shape index (κ2) is 12.9. The molecular weight excluding hydrogens is 522 g/mol. The predicted molar refractivity (Wildman–Crippen MR) is 153 cm³/mol. The van der Waals surface area contributed by atoms with Crippen molar-refractivity contribution in [3.8, 4) is 0 Å². The zero-order chi connectivity index (χ0) is 27.9. The van der Waals surface area contributed by atoms with Gasteiger partial charge in [0.2, 0.25) is 21.8 Å². The summed E-state index contributed by atoms with van der Waals surface area (Å²) in [4.78, 5) is 28.9. The molecular formula is C29H34ClN3O4S. The van der Waals surface area contributed by atoms with E-state index in [2.05, 4.69) is 5.32 Å². The highest BCUT2D eigenvalue weighted by atomic mass is 35.5. The van der Waals surface area contributed by atoms with Gasteiger partial charge in [-0.3, -0.25) is 13.9 Å². The summed E-state index contributed by atoms with van der Waals surface area (Å²) in [5, 5.41) is 3.24. The number of nitrogens with zero attached hydrogens (tertiary/aromatic N) is 2. The molecule has 38 heavy (non-hydrogen) atoms. The van der Waals surface area contributed by atoms with E-state index in [0.29, 0.717) is 22.8 Å². The number of sulfonamides is 1. The molecule has 1 N–H and O–H groups in total.